The highest BCUT2D eigenvalue weighted by atomic mass is 16.5. The van der Waals surface area contributed by atoms with Gasteiger partial charge in [-0.25, -0.2) is 0 Å². The van der Waals surface area contributed by atoms with E-state index >= 15 is 0 Å². The van der Waals surface area contributed by atoms with Crippen LogP contribution in [0.5, 0.6) is 0 Å². The van der Waals surface area contributed by atoms with Gasteiger partial charge in [0.15, 0.2) is 0 Å². The maximum Gasteiger partial charge on any atom is 0.306 e. The molecule has 0 amide bonds. The van der Waals surface area contributed by atoms with E-state index in [0.717, 1.165) is 0 Å². The summed E-state index contributed by atoms with van der Waals surface area (Å²) in [5.74, 6) is -6.12. The van der Waals surface area contributed by atoms with E-state index in [1.807, 2.05) is 55.4 Å². The van der Waals surface area contributed by atoms with Crippen LogP contribution in [0.3, 0.4) is 0 Å². The van der Waals surface area contributed by atoms with Crippen LogP contribution in [0.25, 0.3) is 0 Å². The molecule has 0 aromatic heterocycles. The van der Waals surface area contributed by atoms with Crippen LogP contribution >= 0.6 is 0 Å². The Morgan fingerprint density at radius 2 is 1.06 bits per heavy atom. The van der Waals surface area contributed by atoms with Gasteiger partial charge < -0.3 is 44.2 Å². The van der Waals surface area contributed by atoms with Crippen molar-refractivity contribution in [3.63, 3.8) is 0 Å². The Kier molecular flexibility index (Phi) is 16.9. The lowest BCUT2D eigenvalue weighted by Crippen LogP contribution is -2.55. The predicted molar refractivity (Wildman–Crippen MR) is 261 cm³/mol. The van der Waals surface area contributed by atoms with Crippen LogP contribution in [0.2, 0.25) is 0 Å². The Balaban J connectivity index is 2.08. The lowest BCUT2D eigenvalue weighted by molar-refractivity contribution is -0.147. The quantitative estimate of drug-likeness (QED) is 0.121. The predicted octanol–water partition coefficient (Wildman–Crippen LogP) is 5.82. The third-order valence-electron chi connectivity index (χ3n) is 17.0. The van der Waals surface area contributed by atoms with Crippen molar-refractivity contribution in [1.29, 1.82) is 0 Å². The molecule has 5 aliphatic rings. The van der Waals surface area contributed by atoms with Crippen molar-refractivity contribution in [2.45, 2.75) is 138 Å². The third kappa shape index (κ3) is 10.0. The molecule has 0 aliphatic carbocycles. The standard InChI is InChI=1S/C52H75N5O14/c1-27-41-29(16-19-33(58)65-9)48(3,4)47(54-41)40(53)43-30(17-20-34(59)66-10)50(6,25-38(63)70-14)45(55-43)28(2)42-31(18-21-35(60)67-11)51(7,26-39(64)71-15)52(8,57-42)46-32(24-37(62)69-13)49(5,44(27)56-46)23-22-36(61)68-12/h29-32,46,55H,16-26,53H2,1-15H3/b41-27?,43-40?,45-28-/t29-,30-,31-,32+,46?,49-,50+,51+,52+/m1/s1. The fourth-order valence-corrected chi connectivity index (χ4v) is 12.5. The smallest absolute Gasteiger partial charge is 0.306 e. The molecule has 71 heavy (non-hydrogen) atoms. The minimum Gasteiger partial charge on any atom is -0.469 e. The molecule has 5 rings (SSSR count). The number of hydrogen-bond donors (Lipinski definition) is 2. The molecular weight excluding hydrogens is 919 g/mol. The number of esters is 7. The number of rotatable bonds is 18. The highest BCUT2D eigenvalue weighted by Crippen LogP contribution is 2.63. The Morgan fingerprint density at radius 3 is 1.58 bits per heavy atom. The molecule has 0 saturated carbocycles. The SMILES string of the molecule is COC(=O)CC[C@@H]1C2=C(C)C3=NC([C@H](CC(=O)OC)[C@@]3(C)CCC(=O)OC)[C@]3(C)N=C(/C(C)=C4\NC(=C(N)C(=N2)C1(C)C)[C@@H](CCC(=O)OC)[C@]4(C)CC(=O)OC)[C@@H](CCC(=O)OC)[C@]3(C)CC(=O)OC. The second-order valence-electron chi connectivity index (χ2n) is 20.9. The average molecular weight is 994 g/mol. The summed E-state index contributed by atoms with van der Waals surface area (Å²) in [6, 6.07) is -0.915. The van der Waals surface area contributed by atoms with Gasteiger partial charge in [0, 0.05) is 99.5 Å². The number of aliphatic imine (C=N–C) groups is 3. The highest BCUT2D eigenvalue weighted by molar-refractivity contribution is 6.11. The van der Waals surface area contributed by atoms with Crippen molar-refractivity contribution in [3.8, 4) is 0 Å². The first-order valence-corrected chi connectivity index (χ1v) is 24.2. The number of nitrogens with two attached hydrogens (primary N) is 1. The van der Waals surface area contributed by atoms with Crippen molar-refractivity contribution in [2.75, 3.05) is 49.8 Å². The van der Waals surface area contributed by atoms with Gasteiger partial charge in [-0.3, -0.25) is 48.5 Å². The summed E-state index contributed by atoms with van der Waals surface area (Å²) in [5, 5.41) is 3.68. The van der Waals surface area contributed by atoms with Gasteiger partial charge in [0.05, 0.1) is 92.0 Å². The Hall–Kier alpha value is -5.88. The lowest BCUT2D eigenvalue weighted by Gasteiger charge is -2.48. The van der Waals surface area contributed by atoms with Crippen LogP contribution in [0.1, 0.15) is 126 Å². The molecule has 19 nitrogen and oxygen atoms in total. The van der Waals surface area contributed by atoms with E-state index in [-0.39, 0.29) is 76.3 Å². The molecule has 0 spiro atoms. The fraction of sp³-hybridized carbons (Fsp3) is 0.692. The van der Waals surface area contributed by atoms with Crippen LogP contribution < -0.4 is 11.1 Å². The van der Waals surface area contributed by atoms with Crippen molar-refractivity contribution < 1.29 is 66.7 Å². The normalized spacial score (nSPS) is 31.5. The van der Waals surface area contributed by atoms with Gasteiger partial charge in [-0.1, -0.05) is 34.6 Å². The number of carbonyl (C=O) groups is 7. The molecule has 1 saturated heterocycles. The molecule has 392 valence electrons. The lowest BCUT2D eigenvalue weighted by atomic mass is 9.55. The molecule has 1 unspecified atom stereocenters. The van der Waals surface area contributed by atoms with Gasteiger partial charge in [-0.05, 0) is 57.6 Å². The zero-order valence-electron chi connectivity index (χ0n) is 44.3. The third-order valence-corrected chi connectivity index (χ3v) is 17.0. The number of nitrogens with zero attached hydrogens (tertiary/aromatic N) is 3. The van der Waals surface area contributed by atoms with Crippen LogP contribution in [0.15, 0.2) is 48.9 Å². The molecule has 0 aromatic rings. The van der Waals surface area contributed by atoms with Gasteiger partial charge in [-0.2, -0.15) is 0 Å². The van der Waals surface area contributed by atoms with Gasteiger partial charge in [0.25, 0.3) is 0 Å². The van der Waals surface area contributed by atoms with Crippen molar-refractivity contribution >= 4 is 58.9 Å². The van der Waals surface area contributed by atoms with Gasteiger partial charge in [0.2, 0.25) is 0 Å². The van der Waals surface area contributed by atoms with Crippen molar-refractivity contribution in [3.05, 3.63) is 33.9 Å². The summed E-state index contributed by atoms with van der Waals surface area (Å²) in [6.07, 6.45) is 0.0286. The largest absolute Gasteiger partial charge is 0.469 e. The topological polar surface area (TPSA) is 259 Å². The highest BCUT2D eigenvalue weighted by Gasteiger charge is 2.67. The number of fused-ring (bicyclic) bond motifs is 6. The number of nitrogens with one attached hydrogen (secondary N) is 1. The molecule has 19 heteroatoms. The number of ether oxygens (including phenoxy) is 7. The number of hydrogen-bond acceptors (Lipinski definition) is 19. The molecule has 9 atom stereocenters. The maximum atomic E-state index is 14.0. The van der Waals surface area contributed by atoms with E-state index in [0.29, 0.717) is 45.4 Å². The van der Waals surface area contributed by atoms with Gasteiger partial charge >= 0.3 is 41.8 Å². The van der Waals surface area contributed by atoms with Crippen LogP contribution in [0, 0.1) is 45.3 Å². The molecule has 5 aliphatic heterocycles. The fourth-order valence-electron chi connectivity index (χ4n) is 12.5. The van der Waals surface area contributed by atoms with E-state index in [2.05, 4.69) is 5.32 Å². The molecule has 3 N–H and O–H groups in total. The molecule has 0 aromatic carbocycles. The summed E-state index contributed by atoms with van der Waals surface area (Å²) in [7, 11) is 9.12. The van der Waals surface area contributed by atoms with Gasteiger partial charge in [0.1, 0.15) is 0 Å². The van der Waals surface area contributed by atoms with Crippen molar-refractivity contribution in [1.82, 2.24) is 5.32 Å². The molecule has 5 heterocycles. The first kappa shape index (κ1) is 56.0. The maximum absolute atomic E-state index is 14.0. The summed E-state index contributed by atoms with van der Waals surface area (Å²) in [6.45, 7) is 15.4. The second kappa shape index (κ2) is 21.5. The zero-order chi connectivity index (χ0) is 53.2. The van der Waals surface area contributed by atoms with Crippen molar-refractivity contribution in [2.24, 2.45) is 66.0 Å². The van der Waals surface area contributed by atoms with Crippen LogP contribution in [0.4, 0.5) is 0 Å². The van der Waals surface area contributed by atoms with E-state index in [9.17, 15) is 33.6 Å². The van der Waals surface area contributed by atoms with Crippen LogP contribution in [-0.4, -0.2) is 120 Å². The average Bonchev–Trinajstić information content (AvgIpc) is 3.97. The number of allylic oxidation sites excluding steroid dienone is 6. The molecule has 0 radical (unpaired) electrons. The first-order valence-electron chi connectivity index (χ1n) is 24.2. The first-order chi connectivity index (χ1) is 33.2. The zero-order valence-corrected chi connectivity index (χ0v) is 44.3. The Labute approximate surface area is 417 Å². The molecule has 8 bridgehead atoms. The summed E-state index contributed by atoms with van der Waals surface area (Å²) in [4.78, 5) is 111. The number of methoxy groups -OCH3 is 7. The molecular formula is C52H75N5O14. The minimum absolute atomic E-state index is 0.0258. The summed E-state index contributed by atoms with van der Waals surface area (Å²) in [5.41, 5.74) is 6.28. The number of carbonyl (C=O) groups excluding carboxylic acids is 7. The Bertz CT molecular complexity index is 2400. The van der Waals surface area contributed by atoms with E-state index in [4.69, 9.17) is 53.9 Å². The van der Waals surface area contributed by atoms with Gasteiger partial charge in [-0.15, -0.1) is 0 Å². The van der Waals surface area contributed by atoms with E-state index < -0.39 is 98.7 Å². The van der Waals surface area contributed by atoms with E-state index in [1.54, 1.807) is 0 Å². The Morgan fingerprint density at radius 1 is 0.577 bits per heavy atom. The van der Waals surface area contributed by atoms with E-state index in [1.165, 1.54) is 49.8 Å². The monoisotopic (exact) mass is 994 g/mol. The minimum atomic E-state index is -1.40. The molecule has 1 fully saturated rings. The summed E-state index contributed by atoms with van der Waals surface area (Å²) < 4.78 is 36.8. The van der Waals surface area contributed by atoms with Crippen LogP contribution in [-0.2, 0) is 66.7 Å². The second-order valence-corrected chi connectivity index (χ2v) is 20.9. The summed E-state index contributed by atoms with van der Waals surface area (Å²) >= 11 is 0.